The van der Waals surface area contributed by atoms with Crippen LogP contribution in [-0.4, -0.2) is 51.0 Å². The lowest BCUT2D eigenvalue weighted by Gasteiger charge is -2.40. The number of H-pyrrole nitrogens is 1. The summed E-state index contributed by atoms with van der Waals surface area (Å²) in [6.07, 6.45) is 3.39. The molecule has 138 valence electrons. The van der Waals surface area contributed by atoms with E-state index < -0.39 is 12.0 Å². The van der Waals surface area contributed by atoms with Crippen molar-refractivity contribution in [2.45, 2.75) is 50.2 Å². The molecule has 1 saturated carbocycles. The minimum absolute atomic E-state index is 0.0181. The number of nitrogens with zero attached hydrogens (tertiary/aromatic N) is 4. The standard InChI is InChI=1S/C16H23F3N6/c1-25(2)15(7-5-3-4-6-8-15)9-20-12-11-13(22-10-21-11)24-14(23-12)16(17,18)19/h10H,3-9H2,1-2H3,(H2,20,21,22,23,24). The smallest absolute Gasteiger partial charge is 0.366 e. The predicted octanol–water partition coefficient (Wildman–Crippen LogP) is 3.44. The number of nitrogens with one attached hydrogen (secondary N) is 2. The van der Waals surface area contributed by atoms with Crippen molar-refractivity contribution in [3.05, 3.63) is 12.2 Å². The Balaban J connectivity index is 1.90. The largest absolute Gasteiger partial charge is 0.451 e. The summed E-state index contributed by atoms with van der Waals surface area (Å²) in [5.41, 5.74) is 0.326. The number of halogens is 3. The summed E-state index contributed by atoms with van der Waals surface area (Å²) in [6, 6.07) is 0. The van der Waals surface area contributed by atoms with Crippen LogP contribution in [0.25, 0.3) is 11.2 Å². The van der Waals surface area contributed by atoms with Crippen LogP contribution in [0.15, 0.2) is 6.33 Å². The van der Waals surface area contributed by atoms with Crippen LogP contribution in [0.2, 0.25) is 0 Å². The van der Waals surface area contributed by atoms with E-state index in [9.17, 15) is 13.2 Å². The van der Waals surface area contributed by atoms with Crippen molar-refractivity contribution < 1.29 is 13.2 Å². The summed E-state index contributed by atoms with van der Waals surface area (Å²) < 4.78 is 39.2. The molecular weight excluding hydrogens is 333 g/mol. The average Bonchev–Trinajstić information content (AvgIpc) is 2.89. The summed E-state index contributed by atoms with van der Waals surface area (Å²) in [5, 5.41) is 3.14. The van der Waals surface area contributed by atoms with Crippen LogP contribution in [0.4, 0.5) is 19.0 Å². The average molecular weight is 356 g/mol. The second-order valence-electron chi connectivity index (χ2n) is 6.88. The number of hydrogen-bond acceptors (Lipinski definition) is 5. The second-order valence-corrected chi connectivity index (χ2v) is 6.88. The van der Waals surface area contributed by atoms with Gasteiger partial charge in [-0.2, -0.15) is 13.2 Å². The maximum atomic E-state index is 13.1. The highest BCUT2D eigenvalue weighted by Crippen LogP contribution is 2.33. The molecule has 1 aliphatic carbocycles. The number of imidazole rings is 1. The van der Waals surface area contributed by atoms with Gasteiger partial charge in [0.25, 0.3) is 0 Å². The van der Waals surface area contributed by atoms with Crippen LogP contribution in [0.3, 0.4) is 0 Å². The first-order chi connectivity index (χ1) is 11.8. The number of aromatic amines is 1. The van der Waals surface area contributed by atoms with Gasteiger partial charge >= 0.3 is 6.18 Å². The van der Waals surface area contributed by atoms with Gasteiger partial charge in [0, 0.05) is 12.1 Å². The topological polar surface area (TPSA) is 69.7 Å². The summed E-state index contributed by atoms with van der Waals surface area (Å²) in [6.45, 7) is 0.530. The lowest BCUT2D eigenvalue weighted by Crippen LogP contribution is -2.49. The van der Waals surface area contributed by atoms with Gasteiger partial charge in [0.15, 0.2) is 11.5 Å². The van der Waals surface area contributed by atoms with E-state index in [2.05, 4.69) is 30.2 Å². The van der Waals surface area contributed by atoms with Crippen LogP contribution >= 0.6 is 0 Å². The van der Waals surface area contributed by atoms with Gasteiger partial charge in [-0.3, -0.25) is 0 Å². The maximum Gasteiger partial charge on any atom is 0.451 e. The minimum atomic E-state index is -4.61. The third-order valence-electron chi connectivity index (χ3n) is 5.11. The third-order valence-corrected chi connectivity index (χ3v) is 5.11. The molecule has 0 aromatic carbocycles. The number of aromatic nitrogens is 4. The molecule has 0 saturated heterocycles. The van der Waals surface area contributed by atoms with Crippen LogP contribution in [-0.2, 0) is 6.18 Å². The Hall–Kier alpha value is -1.90. The number of alkyl halides is 3. The maximum absolute atomic E-state index is 13.1. The van der Waals surface area contributed by atoms with E-state index in [1.807, 2.05) is 14.1 Å². The zero-order valence-corrected chi connectivity index (χ0v) is 14.4. The Morgan fingerprint density at radius 3 is 2.44 bits per heavy atom. The van der Waals surface area contributed by atoms with E-state index in [0.29, 0.717) is 12.1 Å². The van der Waals surface area contributed by atoms with Crippen molar-refractivity contribution in [3.8, 4) is 0 Å². The quantitative estimate of drug-likeness (QED) is 0.822. The fraction of sp³-hybridized carbons (Fsp3) is 0.688. The predicted molar refractivity (Wildman–Crippen MR) is 89.3 cm³/mol. The van der Waals surface area contributed by atoms with Crippen LogP contribution in [0.5, 0.6) is 0 Å². The molecule has 9 heteroatoms. The van der Waals surface area contributed by atoms with Crippen molar-refractivity contribution >= 4 is 17.0 Å². The molecule has 2 N–H and O–H groups in total. The summed E-state index contributed by atoms with van der Waals surface area (Å²) in [7, 11) is 4.06. The van der Waals surface area contributed by atoms with Crippen molar-refractivity contribution in [1.82, 2.24) is 24.8 Å². The second kappa shape index (κ2) is 6.78. The molecule has 1 fully saturated rings. The molecule has 2 aromatic heterocycles. The highest BCUT2D eigenvalue weighted by Gasteiger charge is 2.37. The highest BCUT2D eigenvalue weighted by atomic mass is 19.4. The minimum Gasteiger partial charge on any atom is -0.366 e. The number of fused-ring (bicyclic) bond motifs is 1. The molecule has 0 spiro atoms. The van der Waals surface area contributed by atoms with Crippen LogP contribution in [0.1, 0.15) is 44.3 Å². The van der Waals surface area contributed by atoms with Crippen LogP contribution in [0, 0.1) is 0 Å². The molecule has 0 bridgehead atoms. The monoisotopic (exact) mass is 356 g/mol. The van der Waals surface area contributed by atoms with Crippen molar-refractivity contribution in [2.24, 2.45) is 0 Å². The molecule has 0 unspecified atom stereocenters. The number of anilines is 1. The van der Waals surface area contributed by atoms with Crippen molar-refractivity contribution in [3.63, 3.8) is 0 Å². The van der Waals surface area contributed by atoms with E-state index in [0.717, 1.165) is 25.7 Å². The van der Waals surface area contributed by atoms with Crippen molar-refractivity contribution in [2.75, 3.05) is 26.0 Å². The molecule has 3 rings (SSSR count). The molecule has 6 nitrogen and oxygen atoms in total. The normalized spacial score (nSPS) is 18.5. The van der Waals surface area contributed by atoms with Gasteiger partial charge in [-0.1, -0.05) is 25.7 Å². The lowest BCUT2D eigenvalue weighted by molar-refractivity contribution is -0.144. The highest BCUT2D eigenvalue weighted by molar-refractivity contribution is 5.82. The van der Waals surface area contributed by atoms with Crippen molar-refractivity contribution in [1.29, 1.82) is 0 Å². The fourth-order valence-corrected chi connectivity index (χ4v) is 3.50. The van der Waals surface area contributed by atoms with Gasteiger partial charge in [0.05, 0.1) is 6.33 Å². The summed E-state index contributed by atoms with van der Waals surface area (Å²) in [4.78, 5) is 16.1. The van der Waals surface area contributed by atoms with Gasteiger partial charge in [0.1, 0.15) is 5.52 Å². The zero-order chi connectivity index (χ0) is 18.1. The third kappa shape index (κ3) is 3.70. The van der Waals surface area contributed by atoms with Gasteiger partial charge in [0.2, 0.25) is 5.82 Å². The Morgan fingerprint density at radius 2 is 1.84 bits per heavy atom. The van der Waals surface area contributed by atoms with Crippen LogP contribution < -0.4 is 5.32 Å². The molecular formula is C16H23F3N6. The van der Waals surface area contributed by atoms with E-state index in [-0.39, 0.29) is 17.0 Å². The molecule has 0 aliphatic heterocycles. The first-order valence-electron chi connectivity index (χ1n) is 8.51. The number of likely N-dealkylation sites (N-methyl/N-ethyl adjacent to an activating group) is 1. The Bertz CT molecular complexity index is 716. The molecule has 2 heterocycles. The van der Waals surface area contributed by atoms with E-state index in [1.165, 1.54) is 19.2 Å². The number of rotatable bonds is 4. The fourth-order valence-electron chi connectivity index (χ4n) is 3.50. The van der Waals surface area contributed by atoms with Gasteiger partial charge in [-0.25, -0.2) is 15.0 Å². The molecule has 0 radical (unpaired) electrons. The Kier molecular flexibility index (Phi) is 4.86. The molecule has 2 aromatic rings. The Morgan fingerprint density at radius 1 is 1.16 bits per heavy atom. The summed E-state index contributed by atoms with van der Waals surface area (Å²) >= 11 is 0. The summed E-state index contributed by atoms with van der Waals surface area (Å²) in [5.74, 6) is -1.02. The van der Waals surface area contributed by atoms with Gasteiger partial charge in [-0.15, -0.1) is 0 Å². The SMILES string of the molecule is CN(C)C1(CNc2nc(C(F)(F)F)nc3nc[nH]c23)CCCCCC1. The van der Waals surface area contributed by atoms with E-state index in [4.69, 9.17) is 0 Å². The Labute approximate surface area is 144 Å². The lowest BCUT2D eigenvalue weighted by atomic mass is 9.88. The van der Waals surface area contributed by atoms with Gasteiger partial charge < -0.3 is 15.2 Å². The van der Waals surface area contributed by atoms with E-state index in [1.54, 1.807) is 0 Å². The van der Waals surface area contributed by atoms with Gasteiger partial charge in [-0.05, 0) is 26.9 Å². The van der Waals surface area contributed by atoms with E-state index >= 15 is 0 Å². The molecule has 25 heavy (non-hydrogen) atoms. The zero-order valence-electron chi connectivity index (χ0n) is 14.4. The first-order valence-corrected chi connectivity index (χ1v) is 8.51. The first kappa shape index (κ1) is 17.9. The molecule has 1 aliphatic rings. The number of hydrogen-bond donors (Lipinski definition) is 2. The molecule has 0 amide bonds. The molecule has 0 atom stereocenters.